The van der Waals surface area contributed by atoms with E-state index in [4.69, 9.17) is 10.5 Å². The summed E-state index contributed by atoms with van der Waals surface area (Å²) in [4.78, 5) is 28.3. The molecule has 1 fully saturated rings. The van der Waals surface area contributed by atoms with Crippen LogP contribution < -0.4 is 10.5 Å². The first-order valence-electron chi connectivity index (χ1n) is 8.03. The van der Waals surface area contributed by atoms with Crippen LogP contribution in [0.15, 0.2) is 24.3 Å². The van der Waals surface area contributed by atoms with Crippen LogP contribution in [-0.2, 0) is 4.79 Å². The summed E-state index contributed by atoms with van der Waals surface area (Å²) < 4.78 is 5.10. The van der Waals surface area contributed by atoms with Crippen LogP contribution in [0.2, 0.25) is 0 Å². The normalized spacial score (nSPS) is 16.0. The lowest BCUT2D eigenvalue weighted by Gasteiger charge is -2.36. The highest BCUT2D eigenvalue weighted by molar-refractivity contribution is 7.98. The maximum atomic E-state index is 12.5. The van der Waals surface area contributed by atoms with E-state index in [0.29, 0.717) is 38.2 Å². The zero-order chi connectivity index (χ0) is 17.5. The SMILES string of the molecule is COc1ccc(C(=O)N2CCN(C(=O)C(N)CCSC)CC2)cc1. The van der Waals surface area contributed by atoms with Crippen LogP contribution in [0.4, 0.5) is 0 Å². The van der Waals surface area contributed by atoms with Crippen LogP contribution in [0, 0.1) is 0 Å². The van der Waals surface area contributed by atoms with Crippen molar-refractivity contribution < 1.29 is 14.3 Å². The van der Waals surface area contributed by atoms with Gasteiger partial charge in [0.15, 0.2) is 0 Å². The van der Waals surface area contributed by atoms with Crippen molar-refractivity contribution in [3.05, 3.63) is 29.8 Å². The number of rotatable bonds is 6. The fraction of sp³-hybridized carbons (Fsp3) is 0.529. The van der Waals surface area contributed by atoms with Gasteiger partial charge < -0.3 is 20.3 Å². The van der Waals surface area contributed by atoms with Crippen LogP contribution in [0.1, 0.15) is 16.8 Å². The van der Waals surface area contributed by atoms with Crippen LogP contribution >= 0.6 is 11.8 Å². The van der Waals surface area contributed by atoms with E-state index < -0.39 is 6.04 Å². The summed E-state index contributed by atoms with van der Waals surface area (Å²) in [5.74, 6) is 1.57. The van der Waals surface area contributed by atoms with E-state index in [1.807, 2.05) is 6.26 Å². The molecular formula is C17H25N3O3S. The molecule has 1 heterocycles. The van der Waals surface area contributed by atoms with E-state index in [-0.39, 0.29) is 11.8 Å². The van der Waals surface area contributed by atoms with Crippen LogP contribution in [0.5, 0.6) is 5.75 Å². The van der Waals surface area contributed by atoms with E-state index in [1.54, 1.807) is 52.9 Å². The minimum Gasteiger partial charge on any atom is -0.497 e. The number of hydrogen-bond acceptors (Lipinski definition) is 5. The van der Waals surface area contributed by atoms with Gasteiger partial charge in [-0.15, -0.1) is 0 Å². The molecule has 2 N–H and O–H groups in total. The second-order valence-corrected chi connectivity index (χ2v) is 6.72. The molecule has 24 heavy (non-hydrogen) atoms. The second-order valence-electron chi connectivity index (χ2n) is 5.73. The molecule has 2 rings (SSSR count). The van der Waals surface area contributed by atoms with E-state index in [2.05, 4.69) is 0 Å². The zero-order valence-corrected chi connectivity index (χ0v) is 15.1. The summed E-state index contributed by atoms with van der Waals surface area (Å²) in [6.45, 7) is 2.14. The second kappa shape index (κ2) is 8.94. The molecule has 6 nitrogen and oxygen atoms in total. The molecule has 0 saturated carbocycles. The molecular weight excluding hydrogens is 326 g/mol. The fourth-order valence-electron chi connectivity index (χ4n) is 2.65. The van der Waals surface area contributed by atoms with Crippen molar-refractivity contribution in [1.29, 1.82) is 0 Å². The Morgan fingerprint density at radius 3 is 2.29 bits per heavy atom. The standard InChI is InChI=1S/C17H25N3O3S/c1-23-14-5-3-13(4-6-14)16(21)19-8-10-20(11-9-19)17(22)15(18)7-12-24-2/h3-6,15H,7-12,18H2,1-2H3. The van der Waals surface area contributed by atoms with Crippen molar-refractivity contribution >= 4 is 23.6 Å². The quantitative estimate of drug-likeness (QED) is 0.829. The van der Waals surface area contributed by atoms with Gasteiger partial charge in [0.05, 0.1) is 13.2 Å². The molecule has 1 aromatic carbocycles. The average Bonchev–Trinajstić information content (AvgIpc) is 2.65. The Balaban J connectivity index is 1.87. The van der Waals surface area contributed by atoms with Gasteiger partial charge in [-0.3, -0.25) is 9.59 Å². The third-order valence-corrected chi connectivity index (χ3v) is 4.81. The summed E-state index contributed by atoms with van der Waals surface area (Å²) in [5.41, 5.74) is 6.58. The predicted molar refractivity (Wildman–Crippen MR) is 96.5 cm³/mol. The summed E-state index contributed by atoms with van der Waals surface area (Å²) in [6.07, 6.45) is 2.69. The van der Waals surface area contributed by atoms with Gasteiger partial charge in [-0.1, -0.05) is 0 Å². The highest BCUT2D eigenvalue weighted by atomic mass is 32.2. The third kappa shape index (κ3) is 4.64. The van der Waals surface area contributed by atoms with Crippen LogP contribution in [0.25, 0.3) is 0 Å². The van der Waals surface area contributed by atoms with Crippen molar-refractivity contribution in [2.75, 3.05) is 45.3 Å². The van der Waals surface area contributed by atoms with Gasteiger partial charge in [-0.2, -0.15) is 11.8 Å². The molecule has 1 aliphatic rings. The van der Waals surface area contributed by atoms with Crippen molar-refractivity contribution in [2.45, 2.75) is 12.5 Å². The first kappa shape index (κ1) is 18.6. The largest absolute Gasteiger partial charge is 0.497 e. The number of amides is 2. The Kier molecular flexibility index (Phi) is 6.93. The molecule has 2 amide bonds. The Hall–Kier alpha value is -1.73. The molecule has 1 saturated heterocycles. The molecule has 0 spiro atoms. The van der Waals surface area contributed by atoms with E-state index in [9.17, 15) is 9.59 Å². The predicted octanol–water partition coefficient (Wildman–Crippen LogP) is 1.06. The molecule has 0 aliphatic carbocycles. The number of carbonyl (C=O) groups is 2. The Morgan fingerprint density at radius 2 is 1.75 bits per heavy atom. The number of benzene rings is 1. The number of piperazine rings is 1. The molecule has 0 bridgehead atoms. The minimum absolute atomic E-state index is 0.0133. The third-order valence-electron chi connectivity index (χ3n) is 4.17. The van der Waals surface area contributed by atoms with Gasteiger partial charge in [0, 0.05) is 31.7 Å². The van der Waals surface area contributed by atoms with Gasteiger partial charge in [-0.05, 0) is 42.7 Å². The number of methoxy groups -OCH3 is 1. The van der Waals surface area contributed by atoms with E-state index >= 15 is 0 Å². The molecule has 1 atom stereocenters. The van der Waals surface area contributed by atoms with Crippen molar-refractivity contribution in [1.82, 2.24) is 9.80 Å². The van der Waals surface area contributed by atoms with Crippen LogP contribution in [-0.4, -0.2) is 73.0 Å². The summed E-state index contributed by atoms with van der Waals surface area (Å²) >= 11 is 1.69. The van der Waals surface area contributed by atoms with Crippen molar-refractivity contribution in [2.24, 2.45) is 5.73 Å². The number of hydrogen-bond donors (Lipinski definition) is 1. The summed E-state index contributed by atoms with van der Waals surface area (Å²) in [7, 11) is 1.59. The maximum absolute atomic E-state index is 12.5. The number of nitrogens with zero attached hydrogens (tertiary/aromatic N) is 2. The number of ether oxygens (including phenoxy) is 1. The summed E-state index contributed by atoms with van der Waals surface area (Å²) in [6, 6.07) is 6.63. The first-order valence-corrected chi connectivity index (χ1v) is 9.43. The molecule has 0 radical (unpaired) electrons. The average molecular weight is 351 g/mol. The fourth-order valence-corrected chi connectivity index (χ4v) is 3.14. The highest BCUT2D eigenvalue weighted by Gasteiger charge is 2.27. The highest BCUT2D eigenvalue weighted by Crippen LogP contribution is 2.15. The Bertz CT molecular complexity index is 557. The lowest BCUT2D eigenvalue weighted by molar-refractivity contribution is -0.134. The van der Waals surface area contributed by atoms with Gasteiger partial charge >= 0.3 is 0 Å². The first-order chi connectivity index (χ1) is 11.6. The van der Waals surface area contributed by atoms with E-state index in [0.717, 1.165) is 11.5 Å². The minimum atomic E-state index is -0.443. The summed E-state index contributed by atoms with van der Waals surface area (Å²) in [5, 5.41) is 0. The monoisotopic (exact) mass is 351 g/mol. The maximum Gasteiger partial charge on any atom is 0.253 e. The zero-order valence-electron chi connectivity index (χ0n) is 14.2. The van der Waals surface area contributed by atoms with Crippen molar-refractivity contribution in [3.63, 3.8) is 0 Å². The lowest BCUT2D eigenvalue weighted by atomic mass is 10.1. The topological polar surface area (TPSA) is 75.9 Å². The van der Waals surface area contributed by atoms with Gasteiger partial charge in [0.2, 0.25) is 5.91 Å². The van der Waals surface area contributed by atoms with Crippen molar-refractivity contribution in [3.8, 4) is 5.75 Å². The lowest BCUT2D eigenvalue weighted by Crippen LogP contribution is -2.54. The number of nitrogens with two attached hydrogens (primary N) is 1. The molecule has 1 unspecified atom stereocenters. The molecule has 7 heteroatoms. The van der Waals surface area contributed by atoms with Gasteiger partial charge in [0.25, 0.3) is 5.91 Å². The Labute approximate surface area is 147 Å². The Morgan fingerprint density at radius 1 is 1.17 bits per heavy atom. The number of carbonyl (C=O) groups excluding carboxylic acids is 2. The molecule has 1 aromatic rings. The molecule has 0 aromatic heterocycles. The van der Waals surface area contributed by atoms with Gasteiger partial charge in [0.1, 0.15) is 5.75 Å². The molecule has 132 valence electrons. The van der Waals surface area contributed by atoms with Crippen LogP contribution in [0.3, 0.4) is 0 Å². The number of thioether (sulfide) groups is 1. The van der Waals surface area contributed by atoms with E-state index in [1.165, 1.54) is 0 Å². The smallest absolute Gasteiger partial charge is 0.253 e. The van der Waals surface area contributed by atoms with Gasteiger partial charge in [-0.25, -0.2) is 0 Å². The molecule has 1 aliphatic heterocycles.